The molecule has 0 aromatic heterocycles. The third-order valence-corrected chi connectivity index (χ3v) is 5.30. The maximum absolute atomic E-state index is 12.7. The smallest absolute Gasteiger partial charge is 0.255 e. The van der Waals surface area contributed by atoms with E-state index in [4.69, 9.17) is 21.1 Å². The average Bonchev–Trinajstić information content (AvgIpc) is 2.70. The lowest BCUT2D eigenvalue weighted by Gasteiger charge is -2.30. The fourth-order valence-corrected chi connectivity index (χ4v) is 3.62. The number of carbonyl (C=O) groups is 1. The molecular weight excluding hydrogens is 364 g/mol. The summed E-state index contributed by atoms with van der Waals surface area (Å²) < 4.78 is 10.5. The fraction of sp³-hybridized carbons (Fsp3) is 0.381. The molecule has 27 heavy (non-hydrogen) atoms. The quantitative estimate of drug-likeness (QED) is 0.797. The molecular formula is C21H26ClN2O3+. The van der Waals surface area contributed by atoms with Gasteiger partial charge in [0.1, 0.15) is 18.0 Å². The Morgan fingerprint density at radius 1 is 1.11 bits per heavy atom. The molecule has 1 heterocycles. The molecule has 2 aromatic rings. The molecule has 1 saturated heterocycles. The van der Waals surface area contributed by atoms with Gasteiger partial charge < -0.3 is 19.7 Å². The summed E-state index contributed by atoms with van der Waals surface area (Å²) in [7, 11) is 3.15. The maximum Gasteiger partial charge on any atom is 0.255 e. The van der Waals surface area contributed by atoms with Crippen LogP contribution in [0.25, 0.3) is 0 Å². The Morgan fingerprint density at radius 3 is 2.44 bits per heavy atom. The van der Waals surface area contributed by atoms with Crippen molar-refractivity contribution in [2.45, 2.75) is 25.4 Å². The van der Waals surface area contributed by atoms with E-state index in [1.165, 1.54) is 10.5 Å². The van der Waals surface area contributed by atoms with Crippen molar-refractivity contribution >= 4 is 17.5 Å². The molecule has 0 spiro atoms. The molecule has 1 aliphatic rings. The Morgan fingerprint density at radius 2 is 1.81 bits per heavy atom. The summed E-state index contributed by atoms with van der Waals surface area (Å²) in [4.78, 5) is 14.2. The van der Waals surface area contributed by atoms with Crippen LogP contribution in [-0.4, -0.2) is 39.3 Å². The van der Waals surface area contributed by atoms with E-state index in [9.17, 15) is 4.79 Å². The van der Waals surface area contributed by atoms with Crippen LogP contribution < -0.4 is 19.7 Å². The van der Waals surface area contributed by atoms with Crippen molar-refractivity contribution in [1.29, 1.82) is 0 Å². The van der Waals surface area contributed by atoms with Crippen molar-refractivity contribution in [3.05, 3.63) is 58.6 Å². The number of benzene rings is 2. The van der Waals surface area contributed by atoms with Gasteiger partial charge in [-0.25, -0.2) is 0 Å². The second kappa shape index (κ2) is 9.11. The number of amides is 1. The van der Waals surface area contributed by atoms with Crippen molar-refractivity contribution in [3.63, 3.8) is 0 Å². The summed E-state index contributed by atoms with van der Waals surface area (Å²) in [6.07, 6.45) is 1.92. The van der Waals surface area contributed by atoms with Gasteiger partial charge in [0.25, 0.3) is 5.91 Å². The van der Waals surface area contributed by atoms with Crippen molar-refractivity contribution < 1.29 is 19.2 Å². The van der Waals surface area contributed by atoms with E-state index < -0.39 is 0 Å². The van der Waals surface area contributed by atoms with E-state index in [1.54, 1.807) is 32.4 Å². The summed E-state index contributed by atoms with van der Waals surface area (Å²) >= 11 is 5.95. The summed E-state index contributed by atoms with van der Waals surface area (Å²) in [5, 5.41) is 3.91. The molecule has 1 aliphatic heterocycles. The predicted octanol–water partition coefficient (Wildman–Crippen LogP) is 2.33. The molecule has 0 radical (unpaired) electrons. The minimum atomic E-state index is -0.114. The third kappa shape index (κ3) is 5.15. The van der Waals surface area contributed by atoms with E-state index >= 15 is 0 Å². The Labute approximate surface area is 165 Å². The first kappa shape index (κ1) is 19.5. The van der Waals surface area contributed by atoms with Crippen molar-refractivity contribution in [2.75, 3.05) is 27.3 Å². The van der Waals surface area contributed by atoms with E-state index in [2.05, 4.69) is 17.4 Å². The van der Waals surface area contributed by atoms with Gasteiger partial charge in [-0.2, -0.15) is 0 Å². The zero-order chi connectivity index (χ0) is 19.2. The Kier molecular flexibility index (Phi) is 6.58. The normalized spacial score (nSPS) is 19.4. The Bertz CT molecular complexity index is 771. The molecule has 1 amide bonds. The highest BCUT2D eigenvalue weighted by atomic mass is 35.5. The van der Waals surface area contributed by atoms with Crippen LogP contribution in [0.5, 0.6) is 11.5 Å². The SMILES string of the molecule is COc1ccc(OC)c(C(=O)NC2CC[NH+](Cc3ccc(Cl)cc3)CC2)c1. The van der Waals surface area contributed by atoms with Crippen LogP contribution in [0, 0.1) is 0 Å². The number of quaternary nitrogens is 1. The van der Waals surface area contributed by atoms with E-state index in [0.717, 1.165) is 37.5 Å². The lowest BCUT2D eigenvalue weighted by Crippen LogP contribution is -3.12. The van der Waals surface area contributed by atoms with Gasteiger partial charge in [0, 0.05) is 29.5 Å². The van der Waals surface area contributed by atoms with Gasteiger partial charge in [-0.3, -0.25) is 4.79 Å². The summed E-state index contributed by atoms with van der Waals surface area (Å²) in [5.41, 5.74) is 1.80. The van der Waals surface area contributed by atoms with Crippen LogP contribution in [0.15, 0.2) is 42.5 Å². The zero-order valence-electron chi connectivity index (χ0n) is 15.8. The Balaban J connectivity index is 1.54. The highest BCUT2D eigenvalue weighted by Crippen LogP contribution is 2.24. The number of carbonyl (C=O) groups excluding carboxylic acids is 1. The Hall–Kier alpha value is -2.24. The van der Waals surface area contributed by atoms with Crippen molar-refractivity contribution in [3.8, 4) is 11.5 Å². The van der Waals surface area contributed by atoms with Gasteiger partial charge in [-0.1, -0.05) is 23.7 Å². The molecule has 3 rings (SSSR count). The fourth-order valence-electron chi connectivity index (χ4n) is 3.49. The van der Waals surface area contributed by atoms with Gasteiger partial charge in [0.2, 0.25) is 0 Å². The first-order valence-electron chi connectivity index (χ1n) is 9.20. The number of likely N-dealkylation sites (tertiary alicyclic amines) is 1. The first-order chi connectivity index (χ1) is 13.1. The van der Waals surface area contributed by atoms with Gasteiger partial charge in [0.15, 0.2) is 0 Å². The number of ether oxygens (including phenoxy) is 2. The molecule has 1 fully saturated rings. The lowest BCUT2D eigenvalue weighted by molar-refractivity contribution is -0.918. The largest absolute Gasteiger partial charge is 0.497 e. The minimum absolute atomic E-state index is 0.114. The molecule has 0 atom stereocenters. The first-order valence-corrected chi connectivity index (χ1v) is 9.57. The number of methoxy groups -OCH3 is 2. The number of nitrogens with one attached hydrogen (secondary N) is 2. The molecule has 5 nitrogen and oxygen atoms in total. The summed E-state index contributed by atoms with van der Waals surface area (Å²) in [6, 6.07) is 13.5. The van der Waals surface area contributed by atoms with Gasteiger partial charge in [-0.15, -0.1) is 0 Å². The highest BCUT2D eigenvalue weighted by Gasteiger charge is 2.25. The van der Waals surface area contributed by atoms with Crippen LogP contribution >= 0.6 is 11.6 Å². The average molecular weight is 390 g/mol. The monoisotopic (exact) mass is 389 g/mol. The third-order valence-electron chi connectivity index (χ3n) is 5.05. The van der Waals surface area contributed by atoms with Crippen molar-refractivity contribution in [2.24, 2.45) is 0 Å². The number of rotatable bonds is 6. The van der Waals surface area contributed by atoms with Gasteiger partial charge >= 0.3 is 0 Å². The van der Waals surface area contributed by atoms with Crippen molar-refractivity contribution in [1.82, 2.24) is 5.32 Å². The van der Waals surface area contributed by atoms with Crippen LogP contribution in [0.2, 0.25) is 5.02 Å². The van der Waals surface area contributed by atoms with Crippen LogP contribution in [0.1, 0.15) is 28.8 Å². The number of piperidine rings is 1. The van der Waals surface area contributed by atoms with E-state index in [-0.39, 0.29) is 11.9 Å². The molecule has 0 bridgehead atoms. The van der Waals surface area contributed by atoms with Crippen LogP contribution in [0.3, 0.4) is 0 Å². The minimum Gasteiger partial charge on any atom is -0.497 e. The van der Waals surface area contributed by atoms with Crippen LogP contribution in [-0.2, 0) is 6.54 Å². The second-order valence-corrected chi connectivity index (χ2v) is 7.30. The summed E-state index contributed by atoms with van der Waals surface area (Å²) in [5.74, 6) is 1.08. The zero-order valence-corrected chi connectivity index (χ0v) is 16.5. The second-order valence-electron chi connectivity index (χ2n) is 6.87. The molecule has 6 heteroatoms. The number of halogens is 1. The summed E-state index contributed by atoms with van der Waals surface area (Å²) in [6.45, 7) is 3.05. The number of hydrogen-bond acceptors (Lipinski definition) is 3. The van der Waals surface area contributed by atoms with Gasteiger partial charge in [0.05, 0.1) is 32.9 Å². The highest BCUT2D eigenvalue weighted by molar-refractivity contribution is 6.30. The number of hydrogen-bond donors (Lipinski definition) is 2. The molecule has 144 valence electrons. The van der Waals surface area contributed by atoms with E-state index in [1.807, 2.05) is 12.1 Å². The molecule has 0 aliphatic carbocycles. The topological polar surface area (TPSA) is 52.0 Å². The van der Waals surface area contributed by atoms with Crippen LogP contribution in [0.4, 0.5) is 0 Å². The molecule has 2 aromatic carbocycles. The molecule has 2 N–H and O–H groups in total. The lowest BCUT2D eigenvalue weighted by atomic mass is 10.0. The molecule has 0 saturated carbocycles. The van der Waals surface area contributed by atoms with E-state index in [0.29, 0.717) is 17.1 Å². The van der Waals surface area contributed by atoms with Gasteiger partial charge in [-0.05, 0) is 30.3 Å². The standard InChI is InChI=1S/C21H25ClN2O3/c1-26-18-7-8-20(27-2)19(13-18)21(25)23-17-9-11-24(12-10-17)14-15-3-5-16(22)6-4-15/h3-8,13,17H,9-12,14H2,1-2H3,(H,23,25)/p+1. The predicted molar refractivity (Wildman–Crippen MR) is 106 cm³/mol. The molecule has 0 unspecified atom stereocenters. The maximum atomic E-state index is 12.7.